The van der Waals surface area contributed by atoms with Crippen molar-refractivity contribution in [3.8, 4) is 45.0 Å². The molecule has 0 radical (unpaired) electrons. The molecule has 4 aromatic carbocycles. The number of rotatable bonds is 7. The highest BCUT2D eigenvalue weighted by Crippen LogP contribution is 2.37. The lowest BCUT2D eigenvalue weighted by molar-refractivity contribution is -0.0365. The first-order valence-corrected chi connectivity index (χ1v) is 22.4. The number of aliphatic hydroxyl groups excluding tert-OH is 4. The van der Waals surface area contributed by atoms with E-state index in [9.17, 15) is 38.0 Å². The summed E-state index contributed by atoms with van der Waals surface area (Å²) >= 11 is 0. The molecule has 5 N–H and O–H groups in total. The Labute approximate surface area is 386 Å². The van der Waals surface area contributed by atoms with Crippen LogP contribution in [0.25, 0.3) is 66.8 Å². The summed E-state index contributed by atoms with van der Waals surface area (Å²) in [5, 5.41) is 53.2. The summed E-state index contributed by atoms with van der Waals surface area (Å²) < 4.78 is 65.6. The van der Waals surface area contributed by atoms with Crippen LogP contribution in [0.2, 0.25) is 0 Å². The molecule has 4 aromatic heterocycles. The number of H-pyrrole nitrogens is 1. The van der Waals surface area contributed by atoms with Gasteiger partial charge >= 0.3 is 0 Å². The predicted molar refractivity (Wildman–Crippen MR) is 245 cm³/mol. The van der Waals surface area contributed by atoms with Gasteiger partial charge in [0.2, 0.25) is 0 Å². The SMILES string of the molecule is OC1CCN(c2cncc(-c3nn(C4CCCCO4)c4ccc(-c5c(F)cccc5F)cc34)n2)CC1O.O[C@@H]1CN(c2cncc(-c3n[nH]c4ccc(-c5c(F)cccc5F)cc34)n2)CC[C@@H]1O. The van der Waals surface area contributed by atoms with Gasteiger partial charge in [-0.1, -0.05) is 24.3 Å². The van der Waals surface area contributed by atoms with Gasteiger partial charge in [0.25, 0.3) is 0 Å². The molecule has 19 heteroatoms. The zero-order chi connectivity index (χ0) is 47.1. The quantitative estimate of drug-likeness (QED) is 0.103. The van der Waals surface area contributed by atoms with E-state index in [1.807, 2.05) is 20.5 Å². The molecule has 3 fully saturated rings. The first-order valence-electron chi connectivity index (χ1n) is 22.4. The van der Waals surface area contributed by atoms with E-state index in [2.05, 4.69) is 25.1 Å². The van der Waals surface area contributed by atoms with Gasteiger partial charge in [-0.15, -0.1) is 0 Å². The van der Waals surface area contributed by atoms with Crippen molar-refractivity contribution < 1.29 is 42.7 Å². The number of ether oxygens (including phenoxy) is 1. The number of β-amino-alcohol motifs (C(OH)–C–C–N with tert-alkyl or cyclic N) is 2. The number of halogens is 4. The van der Waals surface area contributed by atoms with E-state index in [0.717, 1.165) is 24.8 Å². The van der Waals surface area contributed by atoms with E-state index in [0.29, 0.717) is 94.4 Å². The molecule has 7 heterocycles. The number of aromatic nitrogens is 8. The number of aliphatic hydroxyl groups is 4. The smallest absolute Gasteiger partial charge is 0.150 e. The zero-order valence-electron chi connectivity index (χ0n) is 36.4. The van der Waals surface area contributed by atoms with Crippen LogP contribution in [0.1, 0.15) is 38.3 Å². The van der Waals surface area contributed by atoms with E-state index in [4.69, 9.17) is 14.8 Å². The van der Waals surface area contributed by atoms with Crippen LogP contribution in [0.4, 0.5) is 29.2 Å². The number of nitrogens with zero attached hydrogens (tertiary/aromatic N) is 9. The standard InChI is InChI=1S/C27H27F2N5O3.C22H19F2N5O2/c28-18-4-3-5-19(29)26(18)16-7-8-21-17(12-16)27(32-34(21)25-6-1-2-11-37-25)20-13-30-14-24(31-20)33-10-9-22(35)23(36)15-33;23-14-2-1-3-15(24)21(14)12-4-5-16-13(8-12)22(28-27-16)17-9-25-10-20(26-17)29-7-6-18(30)19(31)11-29/h3-5,7-8,12-14,22-23,25,35-36H,1-2,6,9-11,15H2;1-5,8-10,18-19,30-31H,6-7,11H2,(H,27,28)/t;18-,19+/m.0/s1. The van der Waals surface area contributed by atoms with Crippen LogP contribution in [0.5, 0.6) is 0 Å². The molecule has 5 atom stereocenters. The van der Waals surface area contributed by atoms with Gasteiger partial charge in [-0.2, -0.15) is 10.2 Å². The molecule has 15 nitrogen and oxygen atoms in total. The third-order valence-electron chi connectivity index (χ3n) is 12.7. The van der Waals surface area contributed by atoms with E-state index < -0.39 is 47.7 Å². The Bertz CT molecular complexity index is 3070. The highest BCUT2D eigenvalue weighted by atomic mass is 19.1. The van der Waals surface area contributed by atoms with Crippen LogP contribution in [-0.2, 0) is 4.74 Å². The third kappa shape index (κ3) is 8.85. The Balaban J connectivity index is 0.000000161. The lowest BCUT2D eigenvalue weighted by Gasteiger charge is -2.34. The Morgan fingerprint density at radius 3 is 1.68 bits per heavy atom. The van der Waals surface area contributed by atoms with Crippen molar-refractivity contribution in [3.63, 3.8) is 0 Å². The van der Waals surface area contributed by atoms with E-state index >= 15 is 0 Å². The number of fused-ring (bicyclic) bond motifs is 2. The number of piperidine rings is 2. The number of benzene rings is 4. The Hall–Kier alpha value is -6.90. The molecular formula is C49H46F4N10O5. The molecule has 8 aromatic rings. The monoisotopic (exact) mass is 930 g/mol. The third-order valence-corrected chi connectivity index (χ3v) is 12.7. The molecule has 68 heavy (non-hydrogen) atoms. The molecule has 11 rings (SSSR count). The van der Waals surface area contributed by atoms with Gasteiger partial charge < -0.3 is 35.0 Å². The maximum absolute atomic E-state index is 14.6. The molecule has 350 valence electrons. The molecule has 0 bridgehead atoms. The minimum Gasteiger partial charge on any atom is -0.390 e. The van der Waals surface area contributed by atoms with Crippen molar-refractivity contribution in [1.82, 2.24) is 39.9 Å². The van der Waals surface area contributed by atoms with Gasteiger partial charge in [0, 0.05) is 43.6 Å². The summed E-state index contributed by atoms with van der Waals surface area (Å²) in [6.07, 6.45) is 6.51. The summed E-state index contributed by atoms with van der Waals surface area (Å²) in [6, 6.07) is 17.8. The Morgan fingerprint density at radius 2 is 1.13 bits per heavy atom. The van der Waals surface area contributed by atoms with Crippen molar-refractivity contribution in [1.29, 1.82) is 0 Å². The van der Waals surface area contributed by atoms with Crippen LogP contribution < -0.4 is 9.80 Å². The number of nitrogens with one attached hydrogen (secondary N) is 1. The number of hydrogen-bond acceptors (Lipinski definition) is 13. The topological polar surface area (TPSA) is 195 Å². The number of aromatic amines is 1. The van der Waals surface area contributed by atoms with Crippen molar-refractivity contribution >= 4 is 33.4 Å². The second-order valence-corrected chi connectivity index (χ2v) is 17.1. The first-order chi connectivity index (χ1) is 33.0. The summed E-state index contributed by atoms with van der Waals surface area (Å²) in [7, 11) is 0. The predicted octanol–water partition coefficient (Wildman–Crippen LogP) is 6.97. The maximum atomic E-state index is 14.6. The summed E-state index contributed by atoms with van der Waals surface area (Å²) in [6.45, 7) is 2.18. The van der Waals surface area contributed by atoms with E-state index in [-0.39, 0.29) is 30.4 Å². The van der Waals surface area contributed by atoms with Gasteiger partial charge in [0.1, 0.15) is 57.7 Å². The van der Waals surface area contributed by atoms with Crippen LogP contribution in [0.3, 0.4) is 0 Å². The zero-order valence-corrected chi connectivity index (χ0v) is 36.4. The van der Waals surface area contributed by atoms with Crippen molar-refractivity contribution in [3.05, 3.63) is 121 Å². The molecular weight excluding hydrogens is 885 g/mol. The van der Waals surface area contributed by atoms with Crippen LogP contribution >= 0.6 is 0 Å². The lowest BCUT2D eigenvalue weighted by atomic mass is 10.0. The summed E-state index contributed by atoms with van der Waals surface area (Å²) in [4.78, 5) is 21.7. The average molecular weight is 931 g/mol. The van der Waals surface area contributed by atoms with Gasteiger partial charge in [-0.25, -0.2) is 32.2 Å². The molecule has 0 aliphatic carbocycles. The first kappa shape index (κ1) is 44.9. The maximum Gasteiger partial charge on any atom is 0.150 e. The fourth-order valence-electron chi connectivity index (χ4n) is 9.03. The molecule has 3 aliphatic heterocycles. The minimum absolute atomic E-state index is 0.0993. The van der Waals surface area contributed by atoms with Gasteiger partial charge in [-0.3, -0.25) is 15.1 Å². The lowest BCUT2D eigenvalue weighted by Crippen LogP contribution is -2.47. The normalized spacial score (nSPS) is 21.0. The second-order valence-electron chi connectivity index (χ2n) is 17.1. The fraction of sp³-hybridized carbons (Fsp3) is 0.306. The fourth-order valence-corrected chi connectivity index (χ4v) is 9.03. The highest BCUT2D eigenvalue weighted by Gasteiger charge is 2.30. The summed E-state index contributed by atoms with van der Waals surface area (Å²) in [5.41, 5.74) is 4.05. The van der Waals surface area contributed by atoms with E-state index in [1.165, 1.54) is 36.4 Å². The summed E-state index contributed by atoms with van der Waals surface area (Å²) in [5.74, 6) is -1.46. The molecule has 3 unspecified atom stereocenters. The average Bonchev–Trinajstić information content (AvgIpc) is 3.96. The van der Waals surface area contributed by atoms with Gasteiger partial charge in [0.05, 0.1) is 71.4 Å². The van der Waals surface area contributed by atoms with Gasteiger partial charge in [-0.05, 0) is 91.8 Å². The van der Waals surface area contributed by atoms with Crippen LogP contribution in [0.15, 0.2) is 97.6 Å². The van der Waals surface area contributed by atoms with Crippen LogP contribution in [-0.4, -0.2) is 118 Å². The van der Waals surface area contributed by atoms with Crippen molar-refractivity contribution in [2.24, 2.45) is 0 Å². The molecule has 0 amide bonds. The van der Waals surface area contributed by atoms with Crippen LogP contribution in [0, 0.1) is 23.3 Å². The largest absolute Gasteiger partial charge is 0.390 e. The highest BCUT2D eigenvalue weighted by molar-refractivity contribution is 5.96. The van der Waals surface area contributed by atoms with Crippen molar-refractivity contribution in [2.75, 3.05) is 42.6 Å². The molecule has 0 saturated carbocycles. The molecule has 3 aliphatic rings. The number of anilines is 2. The van der Waals surface area contributed by atoms with Crippen molar-refractivity contribution in [2.45, 2.75) is 62.7 Å². The van der Waals surface area contributed by atoms with Gasteiger partial charge in [0.15, 0.2) is 6.23 Å². The second kappa shape index (κ2) is 19.0. The molecule has 3 saturated heterocycles. The Morgan fingerprint density at radius 1 is 0.588 bits per heavy atom. The Kier molecular flexibility index (Phi) is 12.6. The number of hydrogen-bond donors (Lipinski definition) is 5. The minimum atomic E-state index is -0.874. The molecule has 0 spiro atoms. The van der Waals surface area contributed by atoms with E-state index in [1.54, 1.807) is 55.1 Å².